The molecule has 0 saturated carbocycles. The third-order valence-corrected chi connectivity index (χ3v) is 3.53. The third kappa shape index (κ3) is 3.27. The van der Waals surface area contributed by atoms with Crippen molar-refractivity contribution < 1.29 is 14.1 Å². The fraction of sp³-hybridized carbons (Fsp3) is 0.167. The Labute approximate surface area is 139 Å². The lowest BCUT2D eigenvalue weighted by Crippen LogP contribution is -2.10. The van der Waals surface area contributed by atoms with Crippen molar-refractivity contribution in [3.05, 3.63) is 48.5 Å². The fourth-order valence-corrected chi connectivity index (χ4v) is 2.21. The molecule has 6 nitrogen and oxygen atoms in total. The van der Waals surface area contributed by atoms with Gasteiger partial charge in [0.25, 0.3) is 5.89 Å². The molecule has 1 heterocycles. The summed E-state index contributed by atoms with van der Waals surface area (Å²) in [5.41, 5.74) is 2.15. The third-order valence-electron chi connectivity index (χ3n) is 3.53. The highest BCUT2D eigenvalue weighted by Gasteiger charge is 2.15. The van der Waals surface area contributed by atoms with Gasteiger partial charge in [-0.3, -0.25) is 4.79 Å². The van der Waals surface area contributed by atoms with Crippen LogP contribution >= 0.6 is 0 Å². The number of aromatic nitrogens is 2. The molecule has 3 rings (SSSR count). The van der Waals surface area contributed by atoms with Gasteiger partial charge in [-0.2, -0.15) is 4.98 Å². The van der Waals surface area contributed by atoms with E-state index in [4.69, 9.17) is 9.26 Å². The minimum Gasteiger partial charge on any atom is -0.497 e. The van der Waals surface area contributed by atoms with E-state index in [2.05, 4.69) is 15.5 Å². The number of nitrogens with zero attached hydrogens (tertiary/aromatic N) is 2. The van der Waals surface area contributed by atoms with Crippen molar-refractivity contribution in [3.8, 4) is 28.6 Å². The molecule has 0 spiro atoms. The van der Waals surface area contributed by atoms with E-state index >= 15 is 0 Å². The summed E-state index contributed by atoms with van der Waals surface area (Å²) in [6.45, 7) is 1.80. The molecule has 0 aliphatic rings. The number of benzene rings is 2. The number of carbonyl (C=O) groups is 1. The molecule has 0 bridgehead atoms. The second-order valence-electron chi connectivity index (χ2n) is 5.10. The van der Waals surface area contributed by atoms with Crippen LogP contribution in [-0.2, 0) is 4.79 Å². The first-order chi connectivity index (χ1) is 11.7. The van der Waals surface area contributed by atoms with E-state index in [9.17, 15) is 4.79 Å². The van der Waals surface area contributed by atoms with Crippen LogP contribution in [0.25, 0.3) is 22.8 Å². The maximum Gasteiger partial charge on any atom is 0.260 e. The molecule has 1 N–H and O–H groups in total. The number of para-hydroxylation sites is 1. The Morgan fingerprint density at radius 3 is 2.62 bits per heavy atom. The highest BCUT2D eigenvalue weighted by molar-refractivity contribution is 5.94. The quantitative estimate of drug-likeness (QED) is 0.773. The minimum absolute atomic E-state index is 0.0719. The van der Waals surface area contributed by atoms with Gasteiger partial charge < -0.3 is 14.6 Å². The molecule has 122 valence electrons. The molecule has 24 heavy (non-hydrogen) atoms. The van der Waals surface area contributed by atoms with Crippen LogP contribution in [0.3, 0.4) is 0 Å². The van der Waals surface area contributed by atoms with Crippen LogP contribution in [0.15, 0.2) is 53.1 Å². The van der Waals surface area contributed by atoms with E-state index in [1.54, 1.807) is 20.1 Å². The number of hydrogen-bond donors (Lipinski definition) is 1. The molecule has 1 aromatic heterocycles. The van der Waals surface area contributed by atoms with Crippen LogP contribution in [0, 0.1) is 0 Å². The Morgan fingerprint density at radius 2 is 1.92 bits per heavy atom. The first-order valence-corrected chi connectivity index (χ1v) is 7.58. The van der Waals surface area contributed by atoms with Gasteiger partial charge >= 0.3 is 0 Å². The molecule has 0 saturated heterocycles. The number of rotatable bonds is 5. The topological polar surface area (TPSA) is 77.2 Å². The van der Waals surface area contributed by atoms with Gasteiger partial charge in [0.1, 0.15) is 5.75 Å². The van der Waals surface area contributed by atoms with Crippen molar-refractivity contribution in [1.29, 1.82) is 0 Å². The largest absolute Gasteiger partial charge is 0.497 e. The van der Waals surface area contributed by atoms with Gasteiger partial charge in [0.2, 0.25) is 11.7 Å². The summed E-state index contributed by atoms with van der Waals surface area (Å²) in [6.07, 6.45) is 0.398. The number of methoxy groups -OCH3 is 1. The SMILES string of the molecule is CCC(=O)Nc1ccccc1-c1nc(-c2ccc(OC)cc2)no1. The highest BCUT2D eigenvalue weighted by Crippen LogP contribution is 2.29. The zero-order valence-corrected chi connectivity index (χ0v) is 13.4. The van der Waals surface area contributed by atoms with Crippen molar-refractivity contribution in [2.75, 3.05) is 12.4 Å². The van der Waals surface area contributed by atoms with Crippen molar-refractivity contribution in [2.24, 2.45) is 0 Å². The summed E-state index contributed by atoms with van der Waals surface area (Å²) < 4.78 is 10.5. The van der Waals surface area contributed by atoms with E-state index in [1.807, 2.05) is 42.5 Å². The Hall–Kier alpha value is -3.15. The second-order valence-corrected chi connectivity index (χ2v) is 5.10. The number of amides is 1. The molecular weight excluding hydrogens is 306 g/mol. The van der Waals surface area contributed by atoms with Crippen LogP contribution in [0.4, 0.5) is 5.69 Å². The highest BCUT2D eigenvalue weighted by atomic mass is 16.5. The van der Waals surface area contributed by atoms with Gasteiger partial charge in [0, 0.05) is 12.0 Å². The van der Waals surface area contributed by atoms with E-state index < -0.39 is 0 Å². The van der Waals surface area contributed by atoms with Crippen LogP contribution in [-0.4, -0.2) is 23.2 Å². The van der Waals surface area contributed by atoms with E-state index in [-0.39, 0.29) is 5.91 Å². The molecule has 3 aromatic rings. The van der Waals surface area contributed by atoms with Crippen molar-refractivity contribution in [1.82, 2.24) is 10.1 Å². The Morgan fingerprint density at radius 1 is 1.17 bits per heavy atom. The molecule has 1 amide bonds. The Kier molecular flexibility index (Phi) is 4.56. The lowest BCUT2D eigenvalue weighted by Gasteiger charge is -2.06. The summed E-state index contributed by atoms with van der Waals surface area (Å²) in [7, 11) is 1.61. The smallest absolute Gasteiger partial charge is 0.260 e. The molecule has 6 heteroatoms. The van der Waals surface area contributed by atoms with Crippen LogP contribution in [0.5, 0.6) is 5.75 Å². The summed E-state index contributed by atoms with van der Waals surface area (Å²) in [5.74, 6) is 1.52. The molecule has 0 unspecified atom stereocenters. The molecule has 0 atom stereocenters. The zero-order chi connectivity index (χ0) is 16.9. The Balaban J connectivity index is 1.91. The molecule has 0 fully saturated rings. The lowest BCUT2D eigenvalue weighted by molar-refractivity contribution is -0.115. The standard InChI is InChI=1S/C18H17N3O3/c1-3-16(22)19-15-7-5-4-6-14(15)18-20-17(21-24-18)12-8-10-13(23-2)11-9-12/h4-11H,3H2,1-2H3,(H,19,22). The average molecular weight is 323 g/mol. The average Bonchev–Trinajstić information content (AvgIpc) is 3.12. The van der Waals surface area contributed by atoms with E-state index in [0.717, 1.165) is 11.3 Å². The van der Waals surface area contributed by atoms with Crippen molar-refractivity contribution in [2.45, 2.75) is 13.3 Å². The van der Waals surface area contributed by atoms with E-state index in [1.165, 1.54) is 0 Å². The predicted molar refractivity (Wildman–Crippen MR) is 90.6 cm³/mol. The maximum atomic E-state index is 11.7. The normalized spacial score (nSPS) is 10.4. The second kappa shape index (κ2) is 6.95. The molecule has 0 aliphatic carbocycles. The maximum absolute atomic E-state index is 11.7. The van der Waals surface area contributed by atoms with Gasteiger partial charge in [0.05, 0.1) is 18.4 Å². The molecule has 0 aliphatic heterocycles. The summed E-state index contributed by atoms with van der Waals surface area (Å²) in [4.78, 5) is 16.1. The van der Waals surface area contributed by atoms with Gasteiger partial charge in [-0.25, -0.2) is 0 Å². The summed E-state index contributed by atoms with van der Waals surface area (Å²) in [5, 5.41) is 6.86. The number of anilines is 1. The molecular formula is C18H17N3O3. The van der Waals surface area contributed by atoms with Crippen LogP contribution in [0.1, 0.15) is 13.3 Å². The predicted octanol–water partition coefficient (Wildman–Crippen LogP) is 3.76. The fourth-order valence-electron chi connectivity index (χ4n) is 2.21. The van der Waals surface area contributed by atoms with Crippen molar-refractivity contribution in [3.63, 3.8) is 0 Å². The number of carbonyl (C=O) groups excluding carboxylic acids is 1. The lowest BCUT2D eigenvalue weighted by atomic mass is 10.1. The van der Waals surface area contributed by atoms with Crippen molar-refractivity contribution >= 4 is 11.6 Å². The van der Waals surface area contributed by atoms with E-state index in [0.29, 0.717) is 29.4 Å². The van der Waals surface area contributed by atoms with Crippen LogP contribution in [0.2, 0.25) is 0 Å². The molecule has 0 radical (unpaired) electrons. The number of hydrogen-bond acceptors (Lipinski definition) is 5. The summed E-state index contributed by atoms with van der Waals surface area (Å²) in [6, 6.07) is 14.7. The van der Waals surface area contributed by atoms with Crippen LogP contribution < -0.4 is 10.1 Å². The van der Waals surface area contributed by atoms with Gasteiger partial charge in [-0.15, -0.1) is 0 Å². The van der Waals surface area contributed by atoms with Gasteiger partial charge in [0.15, 0.2) is 0 Å². The summed E-state index contributed by atoms with van der Waals surface area (Å²) >= 11 is 0. The minimum atomic E-state index is -0.0719. The first-order valence-electron chi connectivity index (χ1n) is 7.58. The molecule has 2 aromatic carbocycles. The van der Waals surface area contributed by atoms with Gasteiger partial charge in [-0.05, 0) is 36.4 Å². The first kappa shape index (κ1) is 15.7. The van der Waals surface area contributed by atoms with Gasteiger partial charge in [-0.1, -0.05) is 24.2 Å². The number of nitrogens with one attached hydrogen (secondary N) is 1. The zero-order valence-electron chi connectivity index (χ0n) is 13.4. The monoisotopic (exact) mass is 323 g/mol. The Bertz CT molecular complexity index is 841. The number of ether oxygens (including phenoxy) is 1.